The molecule has 1 aliphatic rings. The summed E-state index contributed by atoms with van der Waals surface area (Å²) >= 11 is 0. The molecule has 2 rings (SSSR count). The summed E-state index contributed by atoms with van der Waals surface area (Å²) in [5.41, 5.74) is 5.85. The highest BCUT2D eigenvalue weighted by Gasteiger charge is 2.42. The average molecular weight is 311 g/mol. The Bertz CT molecular complexity index is 685. The van der Waals surface area contributed by atoms with Crippen LogP contribution in [-0.4, -0.2) is 37.6 Å². The zero-order valence-corrected chi connectivity index (χ0v) is 12.4. The first-order valence-electron chi connectivity index (χ1n) is 6.61. The van der Waals surface area contributed by atoms with Gasteiger partial charge in [0, 0.05) is 12.2 Å². The van der Waals surface area contributed by atoms with E-state index in [1.54, 1.807) is 0 Å². The predicted molar refractivity (Wildman–Crippen MR) is 77.0 cm³/mol. The lowest BCUT2D eigenvalue weighted by Gasteiger charge is -2.14. The van der Waals surface area contributed by atoms with Gasteiger partial charge >= 0.3 is 0 Å². The molecule has 21 heavy (non-hydrogen) atoms. The monoisotopic (exact) mass is 311 g/mol. The number of hydrogen-bond donors (Lipinski definition) is 2. The predicted octanol–water partition coefficient (Wildman–Crippen LogP) is 0.330. The SMILES string of the molecule is CCCCNC(=O)CN1C(=O)c2ccc(N)cc2S1(=O)=O. The number of nitrogens with two attached hydrogens (primary N) is 1. The smallest absolute Gasteiger partial charge is 0.269 e. The van der Waals surface area contributed by atoms with Crippen LogP contribution >= 0.6 is 0 Å². The number of fused-ring (bicyclic) bond motifs is 1. The van der Waals surface area contributed by atoms with Crippen molar-refractivity contribution in [1.82, 2.24) is 9.62 Å². The second-order valence-electron chi connectivity index (χ2n) is 4.78. The molecule has 0 atom stereocenters. The van der Waals surface area contributed by atoms with Crippen molar-refractivity contribution >= 4 is 27.5 Å². The second kappa shape index (κ2) is 5.72. The number of carbonyl (C=O) groups excluding carboxylic acids is 2. The molecular formula is C13H17N3O4S. The molecule has 0 bridgehead atoms. The number of carbonyl (C=O) groups is 2. The van der Waals surface area contributed by atoms with E-state index < -0.39 is 28.4 Å². The van der Waals surface area contributed by atoms with E-state index in [0.29, 0.717) is 10.8 Å². The quantitative estimate of drug-likeness (QED) is 0.601. The van der Waals surface area contributed by atoms with Gasteiger partial charge in [0.05, 0.1) is 5.56 Å². The minimum absolute atomic E-state index is 0.0468. The third-order valence-electron chi connectivity index (χ3n) is 3.17. The standard InChI is InChI=1S/C13H17N3O4S/c1-2-3-6-15-12(17)8-16-13(18)10-5-4-9(14)7-11(10)21(16,19)20/h4-5,7H,2-3,6,8,14H2,1H3,(H,15,17). The fourth-order valence-corrected chi connectivity index (χ4v) is 3.60. The number of amides is 2. The highest BCUT2D eigenvalue weighted by Crippen LogP contribution is 2.31. The Hall–Kier alpha value is -2.09. The van der Waals surface area contributed by atoms with Gasteiger partial charge in [0.1, 0.15) is 11.4 Å². The van der Waals surface area contributed by atoms with Crippen LogP contribution in [0, 0.1) is 0 Å². The van der Waals surface area contributed by atoms with Gasteiger partial charge in [-0.1, -0.05) is 13.3 Å². The van der Waals surface area contributed by atoms with E-state index in [9.17, 15) is 18.0 Å². The van der Waals surface area contributed by atoms with E-state index in [2.05, 4.69) is 5.32 Å². The summed E-state index contributed by atoms with van der Waals surface area (Å²) in [7, 11) is -4.00. The van der Waals surface area contributed by atoms with Crippen molar-refractivity contribution in [3.63, 3.8) is 0 Å². The number of nitrogen functional groups attached to an aromatic ring is 1. The molecule has 1 aromatic carbocycles. The highest BCUT2D eigenvalue weighted by molar-refractivity contribution is 7.90. The number of nitrogens with one attached hydrogen (secondary N) is 1. The van der Waals surface area contributed by atoms with Crippen molar-refractivity contribution in [3.05, 3.63) is 23.8 Å². The molecule has 114 valence electrons. The van der Waals surface area contributed by atoms with E-state index in [0.717, 1.165) is 12.8 Å². The van der Waals surface area contributed by atoms with Crippen LogP contribution in [0.4, 0.5) is 5.69 Å². The number of rotatable bonds is 5. The minimum Gasteiger partial charge on any atom is -0.399 e. The van der Waals surface area contributed by atoms with Crippen molar-refractivity contribution < 1.29 is 18.0 Å². The Morgan fingerprint density at radius 2 is 2.10 bits per heavy atom. The van der Waals surface area contributed by atoms with Crippen LogP contribution in [0.15, 0.2) is 23.1 Å². The summed E-state index contributed by atoms with van der Waals surface area (Å²) in [6.45, 7) is 1.92. The number of nitrogens with zero attached hydrogens (tertiary/aromatic N) is 1. The van der Waals surface area contributed by atoms with Crippen LogP contribution in [0.3, 0.4) is 0 Å². The van der Waals surface area contributed by atoms with Gasteiger partial charge in [-0.3, -0.25) is 9.59 Å². The molecule has 2 amide bonds. The zero-order valence-electron chi connectivity index (χ0n) is 11.6. The Kier molecular flexibility index (Phi) is 4.17. The summed E-state index contributed by atoms with van der Waals surface area (Å²) in [5, 5.41) is 2.58. The molecule has 0 aromatic heterocycles. The van der Waals surface area contributed by atoms with E-state index in [4.69, 9.17) is 5.73 Å². The lowest BCUT2D eigenvalue weighted by atomic mass is 10.2. The van der Waals surface area contributed by atoms with E-state index in [1.165, 1.54) is 18.2 Å². The van der Waals surface area contributed by atoms with Gasteiger partial charge in [-0.05, 0) is 24.6 Å². The lowest BCUT2D eigenvalue weighted by Crippen LogP contribution is -2.40. The summed E-state index contributed by atoms with van der Waals surface area (Å²) < 4.78 is 25.1. The number of unbranched alkanes of at least 4 members (excludes halogenated alkanes) is 1. The molecule has 0 spiro atoms. The summed E-state index contributed by atoms with van der Waals surface area (Å²) in [6, 6.07) is 4.05. The highest BCUT2D eigenvalue weighted by atomic mass is 32.2. The van der Waals surface area contributed by atoms with Gasteiger partial charge in [0.15, 0.2) is 0 Å². The van der Waals surface area contributed by atoms with Gasteiger partial charge in [-0.15, -0.1) is 0 Å². The second-order valence-corrected chi connectivity index (χ2v) is 6.61. The van der Waals surface area contributed by atoms with Crippen molar-refractivity contribution in [1.29, 1.82) is 0 Å². The van der Waals surface area contributed by atoms with Crippen LogP contribution < -0.4 is 11.1 Å². The number of sulfonamides is 1. The molecule has 7 nitrogen and oxygen atoms in total. The van der Waals surface area contributed by atoms with Crippen molar-refractivity contribution in [3.8, 4) is 0 Å². The average Bonchev–Trinajstić information content (AvgIpc) is 2.60. The van der Waals surface area contributed by atoms with Crippen LogP contribution in [0.1, 0.15) is 30.1 Å². The Morgan fingerprint density at radius 1 is 1.38 bits per heavy atom. The first kappa shape index (κ1) is 15.3. The maximum absolute atomic E-state index is 12.3. The Balaban J connectivity index is 2.20. The largest absolute Gasteiger partial charge is 0.399 e. The molecule has 8 heteroatoms. The van der Waals surface area contributed by atoms with E-state index in [1.807, 2.05) is 6.92 Å². The maximum atomic E-state index is 12.3. The normalized spacial score (nSPS) is 15.9. The summed E-state index contributed by atoms with van der Waals surface area (Å²) in [6.07, 6.45) is 1.70. The molecule has 0 aliphatic carbocycles. The van der Waals surface area contributed by atoms with Gasteiger partial charge in [-0.25, -0.2) is 12.7 Å². The number of anilines is 1. The fraction of sp³-hybridized carbons (Fsp3) is 0.385. The van der Waals surface area contributed by atoms with Crippen LogP contribution in [0.2, 0.25) is 0 Å². The van der Waals surface area contributed by atoms with Crippen molar-refractivity contribution in [2.45, 2.75) is 24.7 Å². The van der Waals surface area contributed by atoms with Crippen LogP contribution in [0.5, 0.6) is 0 Å². The molecule has 1 aliphatic heterocycles. The lowest BCUT2D eigenvalue weighted by molar-refractivity contribution is -0.121. The fourth-order valence-electron chi connectivity index (χ4n) is 2.04. The number of hydrogen-bond acceptors (Lipinski definition) is 5. The molecule has 0 unspecified atom stereocenters. The van der Waals surface area contributed by atoms with Gasteiger partial charge in [0.2, 0.25) is 5.91 Å². The maximum Gasteiger partial charge on any atom is 0.269 e. The summed E-state index contributed by atoms with van der Waals surface area (Å²) in [5.74, 6) is -1.20. The Morgan fingerprint density at radius 3 is 2.76 bits per heavy atom. The topological polar surface area (TPSA) is 110 Å². The van der Waals surface area contributed by atoms with Crippen LogP contribution in [-0.2, 0) is 14.8 Å². The van der Waals surface area contributed by atoms with Crippen LogP contribution in [0.25, 0.3) is 0 Å². The van der Waals surface area contributed by atoms with Gasteiger partial charge < -0.3 is 11.1 Å². The van der Waals surface area contributed by atoms with Crippen molar-refractivity contribution in [2.24, 2.45) is 0 Å². The first-order chi connectivity index (χ1) is 9.87. The molecule has 0 saturated carbocycles. The third-order valence-corrected chi connectivity index (χ3v) is 4.94. The molecular weight excluding hydrogens is 294 g/mol. The summed E-state index contributed by atoms with van der Waals surface area (Å²) in [4.78, 5) is 23.7. The molecule has 0 fully saturated rings. The van der Waals surface area contributed by atoms with Crippen molar-refractivity contribution in [2.75, 3.05) is 18.8 Å². The zero-order chi connectivity index (χ0) is 15.6. The minimum atomic E-state index is -4.00. The third kappa shape index (κ3) is 2.85. The Labute approximate surface area is 123 Å². The van der Waals surface area contributed by atoms with Gasteiger partial charge in [-0.2, -0.15) is 0 Å². The first-order valence-corrected chi connectivity index (χ1v) is 8.05. The molecule has 1 heterocycles. The van der Waals surface area contributed by atoms with Gasteiger partial charge in [0.25, 0.3) is 15.9 Å². The number of benzene rings is 1. The van der Waals surface area contributed by atoms with E-state index in [-0.39, 0.29) is 16.1 Å². The molecule has 3 N–H and O–H groups in total. The molecule has 0 saturated heterocycles. The van der Waals surface area contributed by atoms with E-state index >= 15 is 0 Å². The molecule has 1 aromatic rings. The molecule has 0 radical (unpaired) electrons.